The van der Waals surface area contributed by atoms with E-state index in [0.29, 0.717) is 11.5 Å². The van der Waals surface area contributed by atoms with E-state index in [0.717, 1.165) is 22.4 Å². The summed E-state index contributed by atoms with van der Waals surface area (Å²) in [6, 6.07) is 11.2. The summed E-state index contributed by atoms with van der Waals surface area (Å²) in [5.41, 5.74) is 3.24. The Balaban J connectivity index is 2.03. The van der Waals surface area contributed by atoms with Crippen molar-refractivity contribution in [2.75, 3.05) is 7.11 Å². The number of pyridine rings is 1. The number of methoxy groups -OCH3 is 1. The molecule has 0 bridgehead atoms. The Labute approximate surface area is 127 Å². The van der Waals surface area contributed by atoms with Crippen LogP contribution in [0.2, 0.25) is 0 Å². The Morgan fingerprint density at radius 2 is 1.73 bits per heavy atom. The van der Waals surface area contributed by atoms with Crippen LogP contribution in [0.5, 0.6) is 5.75 Å². The summed E-state index contributed by atoms with van der Waals surface area (Å²) in [7, 11) is 1.64. The van der Waals surface area contributed by atoms with E-state index in [1.807, 2.05) is 30.3 Å². The van der Waals surface area contributed by atoms with Crippen LogP contribution in [0.25, 0.3) is 22.4 Å². The van der Waals surface area contributed by atoms with E-state index in [2.05, 4.69) is 15.0 Å². The molecule has 3 rings (SSSR count). The van der Waals surface area contributed by atoms with Gasteiger partial charge in [0.25, 0.3) is 5.56 Å². The second-order valence-electron chi connectivity index (χ2n) is 4.91. The highest BCUT2D eigenvalue weighted by Gasteiger charge is 2.05. The van der Waals surface area contributed by atoms with Crippen molar-refractivity contribution in [3.63, 3.8) is 0 Å². The fourth-order valence-corrected chi connectivity index (χ4v) is 2.25. The number of rotatable bonds is 3. The average Bonchev–Trinajstić information content (AvgIpc) is 2.54. The van der Waals surface area contributed by atoms with Gasteiger partial charge in [-0.3, -0.25) is 9.78 Å². The van der Waals surface area contributed by atoms with Gasteiger partial charge in [-0.15, -0.1) is 0 Å². The lowest BCUT2D eigenvalue weighted by atomic mass is 10.0. The van der Waals surface area contributed by atoms with Crippen molar-refractivity contribution in [3.05, 3.63) is 65.0 Å². The smallest absolute Gasteiger partial charge is 0.251 e. The lowest BCUT2D eigenvalue weighted by molar-refractivity contribution is 0.415. The predicted molar refractivity (Wildman–Crippen MR) is 84.8 cm³/mol. The predicted octanol–water partition coefficient (Wildman–Crippen LogP) is 2.82. The molecule has 0 atom stereocenters. The Hall–Kier alpha value is -2.95. The molecule has 110 valence electrons. The maximum Gasteiger partial charge on any atom is 0.251 e. The maximum atomic E-state index is 11.6. The van der Waals surface area contributed by atoms with Crippen LogP contribution in [0.15, 0.2) is 53.6 Å². The molecule has 1 aromatic carbocycles. The third-order valence-corrected chi connectivity index (χ3v) is 3.32. The van der Waals surface area contributed by atoms with E-state index in [1.165, 1.54) is 6.07 Å². The summed E-state index contributed by atoms with van der Waals surface area (Å²) in [6.45, 7) is 1.76. The largest absolute Gasteiger partial charge is 0.497 e. The summed E-state index contributed by atoms with van der Waals surface area (Å²) >= 11 is 0. The van der Waals surface area contributed by atoms with E-state index in [1.54, 1.807) is 26.4 Å². The molecule has 0 fully saturated rings. The lowest BCUT2D eigenvalue weighted by Gasteiger charge is -2.06. The number of hydrogen-bond donors (Lipinski definition) is 1. The number of nitrogens with one attached hydrogen (secondary N) is 1. The molecule has 0 radical (unpaired) electrons. The normalized spacial score (nSPS) is 10.5. The second-order valence-corrected chi connectivity index (χ2v) is 4.91. The van der Waals surface area contributed by atoms with Gasteiger partial charge in [0.2, 0.25) is 0 Å². The summed E-state index contributed by atoms with van der Waals surface area (Å²) in [6.07, 6.45) is 3.49. The summed E-state index contributed by atoms with van der Waals surface area (Å²) in [5, 5.41) is 0. The Morgan fingerprint density at radius 3 is 2.41 bits per heavy atom. The third-order valence-electron chi connectivity index (χ3n) is 3.32. The van der Waals surface area contributed by atoms with E-state index in [-0.39, 0.29) is 5.56 Å². The SMILES string of the molecule is COc1ccc(-c2cncc(-c3cc(=O)[nH]c(C)n3)c2)cc1. The van der Waals surface area contributed by atoms with E-state index in [4.69, 9.17) is 4.74 Å². The van der Waals surface area contributed by atoms with Crippen molar-refractivity contribution < 1.29 is 4.74 Å². The molecule has 2 aromatic heterocycles. The second kappa shape index (κ2) is 5.81. The zero-order valence-electron chi connectivity index (χ0n) is 12.3. The first kappa shape index (κ1) is 14.0. The number of ether oxygens (including phenoxy) is 1. The quantitative estimate of drug-likeness (QED) is 0.806. The van der Waals surface area contributed by atoms with Crippen LogP contribution in [-0.2, 0) is 0 Å². The van der Waals surface area contributed by atoms with Crippen molar-refractivity contribution >= 4 is 0 Å². The van der Waals surface area contributed by atoms with Crippen molar-refractivity contribution in [3.8, 4) is 28.1 Å². The number of hydrogen-bond acceptors (Lipinski definition) is 4. The molecule has 0 amide bonds. The van der Waals surface area contributed by atoms with Crippen molar-refractivity contribution in [1.29, 1.82) is 0 Å². The fourth-order valence-electron chi connectivity index (χ4n) is 2.25. The Morgan fingerprint density at radius 1 is 1.00 bits per heavy atom. The molecular weight excluding hydrogens is 278 g/mol. The molecule has 2 heterocycles. The Kier molecular flexibility index (Phi) is 3.70. The molecule has 0 saturated carbocycles. The molecule has 0 saturated heterocycles. The average molecular weight is 293 g/mol. The molecule has 0 aliphatic heterocycles. The standard InChI is InChI=1S/C17H15N3O2/c1-11-19-16(8-17(21)20-11)14-7-13(9-18-10-14)12-3-5-15(22-2)6-4-12/h3-10H,1-2H3,(H,19,20,21). The topological polar surface area (TPSA) is 67.9 Å². The van der Waals surface area contributed by atoms with Gasteiger partial charge in [-0.1, -0.05) is 12.1 Å². The molecule has 22 heavy (non-hydrogen) atoms. The number of aromatic nitrogens is 3. The number of nitrogens with zero attached hydrogens (tertiary/aromatic N) is 2. The first-order valence-electron chi connectivity index (χ1n) is 6.83. The molecule has 3 aromatic rings. The lowest BCUT2D eigenvalue weighted by Crippen LogP contribution is -2.08. The maximum absolute atomic E-state index is 11.6. The first-order chi connectivity index (χ1) is 10.7. The highest BCUT2D eigenvalue weighted by Crippen LogP contribution is 2.25. The van der Waals surface area contributed by atoms with E-state index < -0.39 is 0 Å². The first-order valence-corrected chi connectivity index (χ1v) is 6.83. The van der Waals surface area contributed by atoms with E-state index in [9.17, 15) is 4.79 Å². The molecule has 0 aliphatic rings. The van der Waals surface area contributed by atoms with Crippen molar-refractivity contribution in [2.24, 2.45) is 0 Å². The van der Waals surface area contributed by atoms with Gasteiger partial charge in [-0.2, -0.15) is 0 Å². The number of H-pyrrole nitrogens is 1. The molecule has 5 heteroatoms. The number of aromatic amines is 1. The minimum Gasteiger partial charge on any atom is -0.497 e. The van der Waals surface area contributed by atoms with Crippen molar-refractivity contribution in [1.82, 2.24) is 15.0 Å². The number of aryl methyl sites for hydroxylation is 1. The molecule has 1 N–H and O–H groups in total. The van der Waals surface area contributed by atoms with Crippen LogP contribution in [0.1, 0.15) is 5.82 Å². The third kappa shape index (κ3) is 2.88. The van der Waals surface area contributed by atoms with Crippen LogP contribution in [0, 0.1) is 6.92 Å². The monoisotopic (exact) mass is 293 g/mol. The van der Waals surface area contributed by atoms with Crippen molar-refractivity contribution in [2.45, 2.75) is 6.92 Å². The van der Waals surface area contributed by atoms with Gasteiger partial charge in [0, 0.05) is 29.6 Å². The Bertz CT molecular complexity index is 854. The minimum absolute atomic E-state index is 0.169. The highest BCUT2D eigenvalue weighted by atomic mass is 16.5. The van der Waals surface area contributed by atoms with Crippen LogP contribution in [0.3, 0.4) is 0 Å². The zero-order chi connectivity index (χ0) is 15.5. The van der Waals surface area contributed by atoms with Gasteiger partial charge in [-0.05, 0) is 30.7 Å². The van der Waals surface area contributed by atoms with Gasteiger partial charge < -0.3 is 9.72 Å². The van der Waals surface area contributed by atoms with E-state index >= 15 is 0 Å². The molecular formula is C17H15N3O2. The summed E-state index contributed by atoms with van der Waals surface area (Å²) < 4.78 is 5.16. The fraction of sp³-hybridized carbons (Fsp3) is 0.118. The van der Waals surface area contributed by atoms with Crippen LogP contribution in [-0.4, -0.2) is 22.1 Å². The molecule has 0 unspecified atom stereocenters. The van der Waals surface area contributed by atoms with Gasteiger partial charge in [0.1, 0.15) is 11.6 Å². The molecule has 0 aliphatic carbocycles. The summed E-state index contributed by atoms with van der Waals surface area (Å²) in [4.78, 5) is 22.8. The van der Waals surface area contributed by atoms with Gasteiger partial charge >= 0.3 is 0 Å². The van der Waals surface area contributed by atoms with Crippen LogP contribution < -0.4 is 10.3 Å². The van der Waals surface area contributed by atoms with Gasteiger partial charge in [-0.25, -0.2) is 4.98 Å². The molecule has 0 spiro atoms. The van der Waals surface area contributed by atoms with Gasteiger partial charge in [0.05, 0.1) is 12.8 Å². The molecule has 5 nitrogen and oxygen atoms in total. The van der Waals surface area contributed by atoms with Crippen LogP contribution >= 0.6 is 0 Å². The highest BCUT2D eigenvalue weighted by molar-refractivity contribution is 5.70. The summed E-state index contributed by atoms with van der Waals surface area (Å²) in [5.74, 6) is 1.39. The number of benzene rings is 1. The van der Waals surface area contributed by atoms with Gasteiger partial charge in [0.15, 0.2) is 0 Å². The van der Waals surface area contributed by atoms with Crippen LogP contribution in [0.4, 0.5) is 0 Å². The zero-order valence-corrected chi connectivity index (χ0v) is 12.3. The minimum atomic E-state index is -0.169.